The van der Waals surface area contributed by atoms with E-state index in [0.717, 1.165) is 4.47 Å². The van der Waals surface area contributed by atoms with Crippen molar-refractivity contribution in [1.29, 1.82) is 0 Å². The van der Waals surface area contributed by atoms with Crippen LogP contribution < -0.4 is 4.90 Å². The predicted molar refractivity (Wildman–Crippen MR) is 69.2 cm³/mol. The second-order valence-corrected chi connectivity index (χ2v) is 5.41. The molecule has 1 aliphatic rings. The summed E-state index contributed by atoms with van der Waals surface area (Å²) in [6.07, 6.45) is 0.571. The van der Waals surface area contributed by atoms with Gasteiger partial charge >= 0.3 is 0 Å². The second-order valence-electron chi connectivity index (χ2n) is 3.64. The summed E-state index contributed by atoms with van der Waals surface area (Å²) < 4.78 is 1.34. The van der Waals surface area contributed by atoms with Gasteiger partial charge in [-0.1, -0.05) is 15.9 Å². The third-order valence-corrected chi connectivity index (χ3v) is 3.50. The highest BCUT2D eigenvalue weighted by Crippen LogP contribution is 2.34. The number of aldehydes is 1. The van der Waals surface area contributed by atoms with Gasteiger partial charge in [0.2, 0.25) is 5.91 Å². The molecule has 1 heterocycles. The lowest BCUT2D eigenvalue weighted by Gasteiger charge is -2.18. The molecule has 0 spiro atoms. The fraction of sp³-hybridized carbons (Fsp3) is 0.182. The number of carbonyl (C=O) groups is 3. The molecule has 0 atom stereocenters. The molecule has 1 amide bonds. The van der Waals surface area contributed by atoms with E-state index < -0.39 is 0 Å². The van der Waals surface area contributed by atoms with Crippen LogP contribution in [0, 0.1) is 0 Å². The van der Waals surface area contributed by atoms with E-state index in [2.05, 4.69) is 31.9 Å². The summed E-state index contributed by atoms with van der Waals surface area (Å²) in [6.45, 7) is 0.0277. The molecule has 88 valence electrons. The van der Waals surface area contributed by atoms with Crippen LogP contribution in [0.1, 0.15) is 16.8 Å². The first kappa shape index (κ1) is 12.4. The Morgan fingerprint density at radius 2 is 1.94 bits per heavy atom. The van der Waals surface area contributed by atoms with Crippen molar-refractivity contribution in [3.8, 4) is 0 Å². The third-order valence-electron chi connectivity index (χ3n) is 2.44. The Bertz CT molecular complexity index is 528. The van der Waals surface area contributed by atoms with Gasteiger partial charge in [-0.25, -0.2) is 0 Å². The molecule has 1 aromatic rings. The fourth-order valence-corrected chi connectivity index (χ4v) is 3.22. The van der Waals surface area contributed by atoms with Crippen LogP contribution in [0.15, 0.2) is 21.1 Å². The summed E-state index contributed by atoms with van der Waals surface area (Å²) in [7, 11) is 0. The molecule has 1 saturated heterocycles. The Morgan fingerprint density at radius 3 is 2.47 bits per heavy atom. The van der Waals surface area contributed by atoms with Gasteiger partial charge in [-0.05, 0) is 28.1 Å². The smallest absolute Gasteiger partial charge is 0.234 e. The minimum Gasteiger partial charge on any atom is -0.303 e. The first-order chi connectivity index (χ1) is 8.02. The third kappa shape index (κ3) is 2.32. The lowest BCUT2D eigenvalue weighted by molar-refractivity contribution is -0.121. The van der Waals surface area contributed by atoms with E-state index >= 15 is 0 Å². The highest BCUT2D eigenvalue weighted by atomic mass is 79.9. The Morgan fingerprint density at radius 1 is 1.24 bits per heavy atom. The second kappa shape index (κ2) is 4.70. The lowest BCUT2D eigenvalue weighted by atomic mass is 10.2. The number of ketones is 1. The number of rotatable bonds is 2. The number of hydrogen-bond donors (Lipinski definition) is 0. The topological polar surface area (TPSA) is 54.5 Å². The molecule has 0 aromatic heterocycles. The first-order valence-electron chi connectivity index (χ1n) is 4.79. The maximum atomic E-state index is 11.6. The number of nitrogens with zero attached hydrogens (tertiary/aromatic N) is 1. The summed E-state index contributed by atoms with van der Waals surface area (Å²) in [5.74, 6) is -0.414. The molecular weight excluding hydrogens is 354 g/mol. The molecular formula is C11H7Br2NO3. The van der Waals surface area contributed by atoms with Gasteiger partial charge in [0.05, 0.1) is 18.7 Å². The van der Waals surface area contributed by atoms with E-state index in [-0.39, 0.29) is 24.7 Å². The van der Waals surface area contributed by atoms with Crippen molar-refractivity contribution in [1.82, 2.24) is 0 Å². The van der Waals surface area contributed by atoms with E-state index in [4.69, 9.17) is 0 Å². The van der Waals surface area contributed by atoms with Gasteiger partial charge in [0, 0.05) is 14.5 Å². The maximum Gasteiger partial charge on any atom is 0.234 e. The van der Waals surface area contributed by atoms with Crippen LogP contribution in [0.3, 0.4) is 0 Å². The summed E-state index contributed by atoms with van der Waals surface area (Å²) in [4.78, 5) is 35.2. The zero-order chi connectivity index (χ0) is 12.6. The SMILES string of the molecule is O=Cc1cc(Br)cc(Br)c1N1CC(=O)CC1=O. The minimum absolute atomic E-state index is 0.0277. The molecule has 4 nitrogen and oxygen atoms in total. The van der Waals surface area contributed by atoms with Crippen molar-refractivity contribution in [2.24, 2.45) is 0 Å². The molecule has 0 bridgehead atoms. The molecule has 0 saturated carbocycles. The van der Waals surface area contributed by atoms with Gasteiger partial charge in [0.15, 0.2) is 12.1 Å². The van der Waals surface area contributed by atoms with Crippen molar-refractivity contribution < 1.29 is 14.4 Å². The Labute approximate surface area is 114 Å². The molecule has 0 unspecified atom stereocenters. The number of benzene rings is 1. The molecule has 2 rings (SSSR count). The van der Waals surface area contributed by atoms with E-state index in [1.165, 1.54) is 4.90 Å². The van der Waals surface area contributed by atoms with Crippen molar-refractivity contribution in [2.75, 3.05) is 11.4 Å². The molecule has 17 heavy (non-hydrogen) atoms. The van der Waals surface area contributed by atoms with Crippen molar-refractivity contribution in [3.63, 3.8) is 0 Å². The van der Waals surface area contributed by atoms with Gasteiger partial charge in [-0.2, -0.15) is 0 Å². The first-order valence-corrected chi connectivity index (χ1v) is 6.38. The molecule has 0 N–H and O–H groups in total. The van der Waals surface area contributed by atoms with Crippen LogP contribution in [-0.4, -0.2) is 24.5 Å². The zero-order valence-corrected chi connectivity index (χ0v) is 11.7. The van der Waals surface area contributed by atoms with E-state index in [9.17, 15) is 14.4 Å². The summed E-state index contributed by atoms with van der Waals surface area (Å²) >= 11 is 6.57. The highest BCUT2D eigenvalue weighted by Gasteiger charge is 2.31. The standard InChI is InChI=1S/C11H7Br2NO3/c12-7-1-6(5-15)11(9(13)2-7)14-4-8(16)3-10(14)17/h1-2,5H,3-4H2. The van der Waals surface area contributed by atoms with Crippen molar-refractivity contribution in [2.45, 2.75) is 6.42 Å². The number of halogens is 2. The van der Waals surface area contributed by atoms with Gasteiger partial charge in [-0.3, -0.25) is 14.4 Å². The lowest BCUT2D eigenvalue weighted by Crippen LogP contribution is -2.26. The van der Waals surface area contributed by atoms with E-state index in [1.807, 2.05) is 0 Å². The number of Topliss-reactive ketones (excluding diaryl/α,β-unsaturated/α-hetero) is 1. The van der Waals surface area contributed by atoms with Crippen LogP contribution in [0.5, 0.6) is 0 Å². The predicted octanol–water partition coefficient (Wildman–Crippen LogP) is 2.33. The maximum absolute atomic E-state index is 11.6. The quantitative estimate of drug-likeness (QED) is 0.600. The van der Waals surface area contributed by atoms with E-state index in [0.29, 0.717) is 22.0 Å². The van der Waals surface area contributed by atoms with Crippen LogP contribution in [0.2, 0.25) is 0 Å². The van der Waals surface area contributed by atoms with E-state index in [1.54, 1.807) is 12.1 Å². The molecule has 0 radical (unpaired) electrons. The van der Waals surface area contributed by atoms with Gasteiger partial charge in [-0.15, -0.1) is 0 Å². The molecule has 1 aromatic carbocycles. The number of hydrogen-bond acceptors (Lipinski definition) is 3. The summed E-state index contributed by atoms with van der Waals surface area (Å²) in [5.41, 5.74) is 0.827. The van der Waals surface area contributed by atoms with Gasteiger partial charge in [0.1, 0.15) is 0 Å². The average Bonchev–Trinajstić information content (AvgIpc) is 2.56. The Hall–Kier alpha value is -1.01. The summed E-state index contributed by atoms with van der Waals surface area (Å²) in [6, 6.07) is 3.35. The van der Waals surface area contributed by atoms with Crippen LogP contribution in [-0.2, 0) is 9.59 Å². The number of carbonyl (C=O) groups excluding carboxylic acids is 3. The van der Waals surface area contributed by atoms with Crippen LogP contribution in [0.4, 0.5) is 5.69 Å². The van der Waals surface area contributed by atoms with Crippen LogP contribution >= 0.6 is 31.9 Å². The van der Waals surface area contributed by atoms with Crippen molar-refractivity contribution >= 4 is 55.5 Å². The number of amides is 1. The largest absolute Gasteiger partial charge is 0.303 e. The minimum atomic E-state index is -0.277. The fourth-order valence-electron chi connectivity index (χ4n) is 1.75. The Balaban J connectivity index is 2.55. The Kier molecular flexibility index (Phi) is 3.44. The molecule has 1 fully saturated rings. The molecule has 0 aliphatic carbocycles. The van der Waals surface area contributed by atoms with Crippen LogP contribution in [0.25, 0.3) is 0 Å². The normalized spacial score (nSPS) is 15.5. The summed E-state index contributed by atoms with van der Waals surface area (Å²) in [5, 5.41) is 0. The average molecular weight is 361 g/mol. The monoisotopic (exact) mass is 359 g/mol. The molecule has 1 aliphatic heterocycles. The zero-order valence-electron chi connectivity index (χ0n) is 8.57. The van der Waals surface area contributed by atoms with Gasteiger partial charge < -0.3 is 4.90 Å². The van der Waals surface area contributed by atoms with Gasteiger partial charge in [0.25, 0.3) is 0 Å². The highest BCUT2D eigenvalue weighted by molar-refractivity contribution is 9.11. The number of anilines is 1. The van der Waals surface area contributed by atoms with Crippen molar-refractivity contribution in [3.05, 3.63) is 26.6 Å². The molecule has 6 heteroatoms.